The third-order valence-corrected chi connectivity index (χ3v) is 2.35. The summed E-state index contributed by atoms with van der Waals surface area (Å²) in [7, 11) is 0. The van der Waals surface area contributed by atoms with Crippen LogP contribution in [0.5, 0.6) is 5.75 Å². The van der Waals surface area contributed by atoms with Gasteiger partial charge in [0, 0.05) is 0 Å². The number of hydrogen-bond donors (Lipinski definition) is 1. The summed E-state index contributed by atoms with van der Waals surface area (Å²) in [6.45, 7) is 8.17. The molecule has 1 aromatic carbocycles. The van der Waals surface area contributed by atoms with Gasteiger partial charge in [-0.25, -0.2) is 4.79 Å². The molecule has 3 heteroatoms. The van der Waals surface area contributed by atoms with E-state index in [9.17, 15) is 4.79 Å². The first-order valence-electron chi connectivity index (χ1n) is 5.18. The van der Waals surface area contributed by atoms with Crippen molar-refractivity contribution in [1.82, 2.24) is 0 Å². The van der Waals surface area contributed by atoms with E-state index < -0.39 is 5.97 Å². The number of carbonyl (C=O) groups is 1. The summed E-state index contributed by atoms with van der Waals surface area (Å²) in [6.07, 6.45) is 0.881. The van der Waals surface area contributed by atoms with Crippen molar-refractivity contribution in [3.8, 4) is 5.75 Å². The van der Waals surface area contributed by atoms with Crippen LogP contribution in [0.4, 0.5) is 0 Å². The molecular formula is C13H16O3. The molecule has 0 amide bonds. The minimum Gasteiger partial charge on any atom is -0.489 e. The first-order chi connectivity index (χ1) is 7.54. The molecule has 86 valence electrons. The lowest BCUT2D eigenvalue weighted by atomic mass is 10.1. The van der Waals surface area contributed by atoms with Crippen molar-refractivity contribution >= 4 is 5.97 Å². The van der Waals surface area contributed by atoms with Crippen LogP contribution in [0.25, 0.3) is 0 Å². The Balaban J connectivity index is 2.75. The summed E-state index contributed by atoms with van der Waals surface area (Å²) in [5.74, 6) is -0.216. The predicted molar refractivity (Wildman–Crippen MR) is 63.1 cm³/mol. The number of hydrogen-bond acceptors (Lipinski definition) is 2. The maximum Gasteiger partial charge on any atom is 0.335 e. The number of aryl methyl sites for hydroxylation is 1. The molecule has 16 heavy (non-hydrogen) atoms. The van der Waals surface area contributed by atoms with E-state index in [0.29, 0.717) is 12.4 Å². The smallest absolute Gasteiger partial charge is 0.335 e. The molecule has 0 aliphatic rings. The molecule has 0 fully saturated rings. The molecule has 0 radical (unpaired) electrons. The third-order valence-electron chi connectivity index (χ3n) is 2.35. The van der Waals surface area contributed by atoms with Crippen molar-refractivity contribution in [2.24, 2.45) is 0 Å². The Morgan fingerprint density at radius 3 is 2.69 bits per heavy atom. The highest BCUT2D eigenvalue weighted by atomic mass is 16.5. The number of carboxylic acids is 1. The minimum absolute atomic E-state index is 0.277. The molecule has 0 heterocycles. The van der Waals surface area contributed by atoms with E-state index in [4.69, 9.17) is 9.84 Å². The molecule has 1 rings (SSSR count). The zero-order valence-electron chi connectivity index (χ0n) is 9.62. The second kappa shape index (κ2) is 5.35. The molecule has 0 saturated heterocycles. The van der Waals surface area contributed by atoms with Crippen molar-refractivity contribution in [2.45, 2.75) is 20.3 Å². The highest BCUT2D eigenvalue weighted by Gasteiger charge is 2.06. The number of aromatic carboxylic acids is 1. The van der Waals surface area contributed by atoms with Crippen LogP contribution in [0.3, 0.4) is 0 Å². The molecule has 3 nitrogen and oxygen atoms in total. The summed E-state index contributed by atoms with van der Waals surface area (Å²) in [5, 5.41) is 8.80. The monoisotopic (exact) mass is 220 g/mol. The first kappa shape index (κ1) is 12.3. The average molecular weight is 220 g/mol. The fraction of sp³-hybridized carbons (Fsp3) is 0.308. The number of rotatable bonds is 5. The van der Waals surface area contributed by atoms with Crippen LogP contribution in [0.2, 0.25) is 0 Å². The molecule has 1 aromatic rings. The van der Waals surface area contributed by atoms with Gasteiger partial charge in [-0.1, -0.05) is 13.5 Å². The Hall–Kier alpha value is -1.77. The van der Waals surface area contributed by atoms with E-state index in [-0.39, 0.29) is 5.56 Å². The molecular weight excluding hydrogens is 204 g/mol. The van der Waals surface area contributed by atoms with Gasteiger partial charge in [-0.15, -0.1) is 0 Å². The average Bonchev–Trinajstić information content (AvgIpc) is 2.26. The molecule has 0 atom stereocenters. The summed E-state index contributed by atoms with van der Waals surface area (Å²) in [4.78, 5) is 10.7. The summed E-state index contributed by atoms with van der Waals surface area (Å²) in [6, 6.07) is 4.83. The van der Waals surface area contributed by atoms with E-state index in [0.717, 1.165) is 17.6 Å². The van der Waals surface area contributed by atoms with E-state index in [1.807, 2.05) is 13.8 Å². The number of benzene rings is 1. The normalized spacial score (nSPS) is 9.88. The van der Waals surface area contributed by atoms with Crippen LogP contribution in [0, 0.1) is 6.92 Å². The second-order valence-corrected chi connectivity index (χ2v) is 3.68. The highest BCUT2D eigenvalue weighted by molar-refractivity contribution is 5.88. The van der Waals surface area contributed by atoms with E-state index in [2.05, 4.69) is 6.58 Å². The molecule has 0 aromatic heterocycles. The quantitative estimate of drug-likeness (QED) is 0.776. The molecule has 0 saturated carbocycles. The lowest BCUT2D eigenvalue weighted by Crippen LogP contribution is -2.02. The van der Waals surface area contributed by atoms with Crippen molar-refractivity contribution in [3.05, 3.63) is 41.5 Å². The van der Waals surface area contributed by atoms with Gasteiger partial charge in [0.05, 0.1) is 5.56 Å². The van der Waals surface area contributed by atoms with Gasteiger partial charge >= 0.3 is 5.97 Å². The van der Waals surface area contributed by atoms with Crippen LogP contribution in [0.15, 0.2) is 30.4 Å². The van der Waals surface area contributed by atoms with Crippen molar-refractivity contribution in [1.29, 1.82) is 0 Å². The van der Waals surface area contributed by atoms with E-state index >= 15 is 0 Å². The Morgan fingerprint density at radius 1 is 1.50 bits per heavy atom. The van der Waals surface area contributed by atoms with Crippen LogP contribution >= 0.6 is 0 Å². The zero-order valence-corrected chi connectivity index (χ0v) is 9.62. The molecule has 1 N–H and O–H groups in total. The van der Waals surface area contributed by atoms with E-state index in [1.54, 1.807) is 18.2 Å². The number of ether oxygens (including phenoxy) is 1. The summed E-state index contributed by atoms with van der Waals surface area (Å²) in [5.41, 5.74) is 2.12. The molecule has 0 aliphatic heterocycles. The van der Waals surface area contributed by atoms with Gasteiger partial charge in [-0.3, -0.25) is 0 Å². The van der Waals surface area contributed by atoms with Gasteiger partial charge in [-0.2, -0.15) is 0 Å². The molecule has 0 aliphatic carbocycles. The maximum atomic E-state index is 10.7. The predicted octanol–water partition coefficient (Wildman–Crippen LogP) is 3.04. The second-order valence-electron chi connectivity index (χ2n) is 3.68. The SMILES string of the molecule is C=C(CC)COc1ccc(C(=O)O)cc1C. The zero-order chi connectivity index (χ0) is 12.1. The lowest BCUT2D eigenvalue weighted by Gasteiger charge is -2.10. The fourth-order valence-electron chi connectivity index (χ4n) is 1.23. The van der Waals surface area contributed by atoms with Gasteiger partial charge in [0.15, 0.2) is 0 Å². The number of carboxylic acid groups (broad SMARTS) is 1. The summed E-state index contributed by atoms with van der Waals surface area (Å²) < 4.78 is 5.53. The molecule has 0 spiro atoms. The molecule has 0 unspecified atom stereocenters. The Labute approximate surface area is 95.4 Å². The van der Waals surface area contributed by atoms with Crippen molar-refractivity contribution in [3.63, 3.8) is 0 Å². The first-order valence-corrected chi connectivity index (χ1v) is 5.18. The van der Waals surface area contributed by atoms with Gasteiger partial charge in [0.1, 0.15) is 12.4 Å². The van der Waals surface area contributed by atoms with Gasteiger partial charge in [0.25, 0.3) is 0 Å². The van der Waals surface area contributed by atoms with Crippen molar-refractivity contribution in [2.75, 3.05) is 6.61 Å². The Kier molecular flexibility index (Phi) is 4.11. The molecule has 0 bridgehead atoms. The van der Waals surface area contributed by atoms with Gasteiger partial charge in [0.2, 0.25) is 0 Å². The third kappa shape index (κ3) is 3.12. The Bertz CT molecular complexity index is 408. The van der Waals surface area contributed by atoms with Crippen LogP contribution in [0.1, 0.15) is 29.3 Å². The maximum absolute atomic E-state index is 10.7. The summed E-state index contributed by atoms with van der Waals surface area (Å²) >= 11 is 0. The standard InChI is InChI=1S/C13H16O3/c1-4-9(2)8-16-12-6-5-11(13(14)15)7-10(12)3/h5-7H,2,4,8H2,1,3H3,(H,14,15). The topological polar surface area (TPSA) is 46.5 Å². The fourth-order valence-corrected chi connectivity index (χ4v) is 1.23. The lowest BCUT2D eigenvalue weighted by molar-refractivity contribution is 0.0696. The van der Waals surface area contributed by atoms with Crippen LogP contribution in [-0.2, 0) is 0 Å². The largest absolute Gasteiger partial charge is 0.489 e. The highest BCUT2D eigenvalue weighted by Crippen LogP contribution is 2.19. The van der Waals surface area contributed by atoms with Crippen LogP contribution < -0.4 is 4.74 Å². The van der Waals surface area contributed by atoms with Gasteiger partial charge < -0.3 is 9.84 Å². The van der Waals surface area contributed by atoms with Gasteiger partial charge in [-0.05, 0) is 42.7 Å². The van der Waals surface area contributed by atoms with E-state index in [1.165, 1.54) is 0 Å². The minimum atomic E-state index is -0.924. The van der Waals surface area contributed by atoms with Crippen LogP contribution in [-0.4, -0.2) is 17.7 Å². The Morgan fingerprint density at radius 2 is 2.19 bits per heavy atom. The van der Waals surface area contributed by atoms with Crippen molar-refractivity contribution < 1.29 is 14.6 Å².